The second kappa shape index (κ2) is 10.3. The van der Waals surface area contributed by atoms with Gasteiger partial charge in [0, 0.05) is 12.8 Å². The van der Waals surface area contributed by atoms with Crippen LogP contribution in [0.5, 0.6) is 0 Å². The zero-order valence-electron chi connectivity index (χ0n) is 10.9. The van der Waals surface area contributed by atoms with E-state index < -0.39 is 5.97 Å². The van der Waals surface area contributed by atoms with Crippen LogP contribution in [-0.2, 0) is 20.9 Å². The smallest absolute Gasteiger partial charge is 0.305 e. The van der Waals surface area contributed by atoms with Crippen LogP contribution in [0, 0.1) is 0 Å². The van der Waals surface area contributed by atoms with Crippen molar-refractivity contribution < 1.29 is 19.4 Å². The van der Waals surface area contributed by atoms with E-state index in [2.05, 4.69) is 0 Å². The number of carboxylic acids is 1. The first-order valence-electron chi connectivity index (χ1n) is 6.01. The van der Waals surface area contributed by atoms with E-state index >= 15 is 0 Å². The molecule has 0 radical (unpaired) electrons. The summed E-state index contributed by atoms with van der Waals surface area (Å²) in [6.07, 6.45) is 1.46. The third-order valence-corrected chi connectivity index (χ3v) is 2.00. The maximum absolute atomic E-state index is 10.8. The van der Waals surface area contributed by atoms with Crippen LogP contribution >= 0.6 is 0 Å². The highest BCUT2D eigenvalue weighted by Crippen LogP contribution is 2.00. The fourth-order valence-corrected chi connectivity index (χ4v) is 1.05. The van der Waals surface area contributed by atoms with Crippen LogP contribution in [-0.4, -0.2) is 17.0 Å². The summed E-state index contributed by atoms with van der Waals surface area (Å²) >= 11 is 0. The van der Waals surface area contributed by atoms with E-state index in [4.69, 9.17) is 9.84 Å². The van der Waals surface area contributed by atoms with Crippen molar-refractivity contribution in [3.63, 3.8) is 0 Å². The van der Waals surface area contributed by atoms with Crippen molar-refractivity contribution in [3.05, 3.63) is 35.9 Å². The molecule has 1 aromatic carbocycles. The van der Waals surface area contributed by atoms with Crippen LogP contribution in [0.1, 0.15) is 38.7 Å². The number of carbonyl (C=O) groups is 2. The minimum Gasteiger partial charge on any atom is -0.481 e. The molecule has 0 saturated carbocycles. The predicted molar refractivity (Wildman–Crippen MR) is 69.1 cm³/mol. The lowest BCUT2D eigenvalue weighted by atomic mass is 10.2. The third-order valence-electron chi connectivity index (χ3n) is 2.00. The lowest BCUT2D eigenvalue weighted by Gasteiger charge is -2.01. The Labute approximate surface area is 108 Å². The Bertz CT molecular complexity index is 346. The van der Waals surface area contributed by atoms with Gasteiger partial charge in [0.05, 0.1) is 0 Å². The Kier molecular flexibility index (Phi) is 9.27. The van der Waals surface area contributed by atoms with Gasteiger partial charge in [0.25, 0.3) is 0 Å². The number of carbonyl (C=O) groups excluding carboxylic acids is 1. The van der Waals surface area contributed by atoms with E-state index in [0.29, 0.717) is 19.4 Å². The lowest BCUT2D eigenvalue weighted by molar-refractivity contribution is -0.144. The van der Waals surface area contributed by atoms with Crippen LogP contribution in [0.25, 0.3) is 0 Å². The number of carboxylic acid groups (broad SMARTS) is 1. The van der Waals surface area contributed by atoms with Crippen LogP contribution < -0.4 is 0 Å². The first-order valence-corrected chi connectivity index (χ1v) is 6.01. The zero-order chi connectivity index (χ0) is 13.8. The summed E-state index contributed by atoms with van der Waals surface area (Å²) in [4.78, 5) is 20.4. The summed E-state index contributed by atoms with van der Waals surface area (Å²) in [7, 11) is 0. The summed E-state index contributed by atoms with van der Waals surface area (Å²) in [6, 6.07) is 9.65. The molecule has 0 amide bonds. The molecule has 0 fully saturated rings. The molecule has 100 valence electrons. The molecule has 1 aromatic rings. The number of esters is 1. The van der Waals surface area contributed by atoms with Gasteiger partial charge in [0.2, 0.25) is 0 Å². The van der Waals surface area contributed by atoms with Gasteiger partial charge < -0.3 is 9.84 Å². The Hall–Kier alpha value is -1.84. The lowest BCUT2D eigenvalue weighted by Crippen LogP contribution is -2.01. The molecule has 0 unspecified atom stereocenters. The normalized spacial score (nSPS) is 9.00. The summed E-state index contributed by atoms with van der Waals surface area (Å²) in [5.41, 5.74) is 1.03. The summed E-state index contributed by atoms with van der Waals surface area (Å²) in [5.74, 6) is -0.864. The Morgan fingerprint density at radius 3 is 2.17 bits per heavy atom. The van der Waals surface area contributed by atoms with Crippen molar-refractivity contribution in [2.45, 2.75) is 39.7 Å². The van der Waals surface area contributed by atoms with Gasteiger partial charge in [-0.2, -0.15) is 0 Å². The minimum absolute atomic E-state index is 0.154. The maximum atomic E-state index is 10.8. The number of hydrogen-bond acceptors (Lipinski definition) is 3. The van der Waals surface area contributed by atoms with Gasteiger partial charge in [-0.15, -0.1) is 0 Å². The standard InChI is InChI=1S/C10H12O2.C4H8O2/c1-2-10(11)12-8-9-6-4-3-5-7-9;1-2-3-4(5)6/h3-7H,2,8H2,1H3;2-3H2,1H3,(H,5,6). The molecule has 18 heavy (non-hydrogen) atoms. The van der Waals surface area contributed by atoms with E-state index in [9.17, 15) is 9.59 Å². The van der Waals surface area contributed by atoms with Crippen LogP contribution in [0.2, 0.25) is 0 Å². The molecule has 0 aliphatic carbocycles. The fourth-order valence-electron chi connectivity index (χ4n) is 1.05. The average molecular weight is 252 g/mol. The van der Waals surface area contributed by atoms with Crippen molar-refractivity contribution >= 4 is 11.9 Å². The second-order valence-corrected chi connectivity index (χ2v) is 3.64. The highest BCUT2D eigenvalue weighted by molar-refractivity contribution is 5.68. The van der Waals surface area contributed by atoms with Gasteiger partial charge >= 0.3 is 11.9 Å². The Morgan fingerprint density at radius 2 is 1.78 bits per heavy atom. The molecular formula is C14H20O4. The monoisotopic (exact) mass is 252 g/mol. The van der Waals surface area contributed by atoms with Crippen molar-refractivity contribution in [2.75, 3.05) is 0 Å². The highest BCUT2D eigenvalue weighted by atomic mass is 16.5. The van der Waals surface area contributed by atoms with Crippen LogP contribution in [0.4, 0.5) is 0 Å². The molecule has 4 nitrogen and oxygen atoms in total. The molecule has 1 rings (SSSR count). The van der Waals surface area contributed by atoms with E-state index in [-0.39, 0.29) is 5.97 Å². The van der Waals surface area contributed by atoms with Gasteiger partial charge in [0.1, 0.15) is 6.61 Å². The van der Waals surface area contributed by atoms with Crippen LogP contribution in [0.15, 0.2) is 30.3 Å². The molecule has 0 atom stereocenters. The first-order chi connectivity index (χ1) is 8.60. The molecule has 0 spiro atoms. The van der Waals surface area contributed by atoms with Gasteiger partial charge in [-0.05, 0) is 12.0 Å². The number of ether oxygens (including phenoxy) is 1. The van der Waals surface area contributed by atoms with E-state index in [1.807, 2.05) is 37.3 Å². The molecular weight excluding hydrogens is 232 g/mol. The summed E-state index contributed by atoms with van der Waals surface area (Å²) in [5, 5.41) is 7.91. The average Bonchev–Trinajstić information content (AvgIpc) is 2.37. The molecule has 0 aliphatic heterocycles. The molecule has 4 heteroatoms. The fraction of sp³-hybridized carbons (Fsp3) is 0.429. The third kappa shape index (κ3) is 9.39. The number of benzene rings is 1. The van der Waals surface area contributed by atoms with Crippen molar-refractivity contribution in [3.8, 4) is 0 Å². The second-order valence-electron chi connectivity index (χ2n) is 3.64. The minimum atomic E-state index is -0.711. The Morgan fingerprint density at radius 1 is 1.17 bits per heavy atom. The van der Waals surface area contributed by atoms with Gasteiger partial charge in [-0.1, -0.05) is 44.2 Å². The predicted octanol–water partition coefficient (Wildman–Crippen LogP) is 3.01. The molecule has 0 aromatic heterocycles. The number of hydrogen-bond donors (Lipinski definition) is 1. The summed E-state index contributed by atoms with van der Waals surface area (Å²) < 4.78 is 4.94. The van der Waals surface area contributed by atoms with Gasteiger partial charge in [-0.3, -0.25) is 9.59 Å². The maximum Gasteiger partial charge on any atom is 0.305 e. The first kappa shape index (κ1) is 16.2. The Balaban J connectivity index is 0.000000411. The molecule has 1 N–H and O–H groups in total. The largest absolute Gasteiger partial charge is 0.481 e. The molecule has 0 bridgehead atoms. The van der Waals surface area contributed by atoms with E-state index in [1.165, 1.54) is 0 Å². The van der Waals surface area contributed by atoms with Crippen molar-refractivity contribution in [1.29, 1.82) is 0 Å². The van der Waals surface area contributed by atoms with Crippen LogP contribution in [0.3, 0.4) is 0 Å². The number of aliphatic carboxylic acids is 1. The van der Waals surface area contributed by atoms with Gasteiger partial charge in [-0.25, -0.2) is 0 Å². The summed E-state index contributed by atoms with van der Waals surface area (Å²) in [6.45, 7) is 4.01. The molecule has 0 aliphatic rings. The van der Waals surface area contributed by atoms with Crippen molar-refractivity contribution in [2.24, 2.45) is 0 Å². The quantitative estimate of drug-likeness (QED) is 0.818. The zero-order valence-corrected chi connectivity index (χ0v) is 10.9. The van der Waals surface area contributed by atoms with E-state index in [0.717, 1.165) is 12.0 Å². The number of rotatable bonds is 5. The van der Waals surface area contributed by atoms with Crippen molar-refractivity contribution in [1.82, 2.24) is 0 Å². The SMILES string of the molecule is CCC(=O)OCc1ccccc1.CCCC(=O)O. The topological polar surface area (TPSA) is 63.6 Å². The molecule has 0 heterocycles. The molecule has 0 saturated heterocycles. The van der Waals surface area contributed by atoms with Gasteiger partial charge in [0.15, 0.2) is 0 Å². The highest BCUT2D eigenvalue weighted by Gasteiger charge is 1.97. The van der Waals surface area contributed by atoms with E-state index in [1.54, 1.807) is 6.92 Å².